The van der Waals surface area contributed by atoms with Crippen molar-refractivity contribution < 1.29 is 18.5 Å². The number of pyridine rings is 1. The number of hydrogen-bond donors (Lipinski definition) is 5. The number of rotatable bonds is 4. The molecule has 0 unspecified atom stereocenters. The summed E-state index contributed by atoms with van der Waals surface area (Å²) in [5.74, 6) is -0.432. The lowest BCUT2D eigenvalue weighted by molar-refractivity contribution is 0.199. The highest BCUT2D eigenvalue weighted by Crippen LogP contribution is 2.49. The average Bonchev–Trinajstić information content (AvgIpc) is 3.17. The van der Waals surface area contributed by atoms with Gasteiger partial charge in [0, 0.05) is 24.0 Å². The number of anilines is 1. The van der Waals surface area contributed by atoms with E-state index in [1.54, 1.807) is 51.2 Å². The van der Waals surface area contributed by atoms with Gasteiger partial charge in [-0.25, -0.2) is 9.18 Å². The molecule has 0 saturated carbocycles. The summed E-state index contributed by atoms with van der Waals surface area (Å²) >= 11 is 5.88. The molecule has 33 heavy (non-hydrogen) atoms. The van der Waals surface area contributed by atoms with Gasteiger partial charge in [0.15, 0.2) is 0 Å². The van der Waals surface area contributed by atoms with Crippen LogP contribution in [0.5, 0.6) is 0 Å². The first-order valence-electron chi connectivity index (χ1n) is 10.6. The van der Waals surface area contributed by atoms with E-state index in [2.05, 4.69) is 20.3 Å². The fourth-order valence-corrected chi connectivity index (χ4v) is 8.52. The highest BCUT2D eigenvalue weighted by molar-refractivity contribution is 8.04. The number of benzene rings is 1. The van der Waals surface area contributed by atoms with Gasteiger partial charge in [0.2, 0.25) is 0 Å². The van der Waals surface area contributed by atoms with Gasteiger partial charge in [0.25, 0.3) is 0 Å². The Hall–Kier alpha value is -2.56. The zero-order chi connectivity index (χ0) is 24.0. The Kier molecular flexibility index (Phi) is 5.96. The number of fused-ring (bicyclic) bond motifs is 1. The molecular formula is C22H27ClFN5O3S. The van der Waals surface area contributed by atoms with Crippen LogP contribution in [0.1, 0.15) is 38.4 Å². The molecule has 4 rings (SSSR count). The Bertz CT molecular complexity index is 1170. The number of aliphatic imine (C=N–C) groups is 1. The van der Waals surface area contributed by atoms with Crippen molar-refractivity contribution in [3.8, 4) is 0 Å². The van der Waals surface area contributed by atoms with Gasteiger partial charge in [-0.3, -0.25) is 24.2 Å². The lowest BCUT2D eigenvalue weighted by Crippen LogP contribution is -2.65. The van der Waals surface area contributed by atoms with Gasteiger partial charge in [-0.05, 0) is 67.6 Å². The zero-order valence-electron chi connectivity index (χ0n) is 18.5. The first-order valence-corrected chi connectivity index (χ1v) is 12.7. The second kappa shape index (κ2) is 8.34. The molecule has 178 valence electrons. The van der Waals surface area contributed by atoms with E-state index in [0.717, 1.165) is 5.69 Å². The molecule has 2 atom stereocenters. The summed E-state index contributed by atoms with van der Waals surface area (Å²) in [5.41, 5.74) is 0.419. The number of hydrogen-bond acceptors (Lipinski definition) is 5. The van der Waals surface area contributed by atoms with Gasteiger partial charge in [-0.15, -0.1) is 0 Å². The average molecular weight is 496 g/mol. The molecule has 8 nitrogen and oxygen atoms in total. The fourth-order valence-electron chi connectivity index (χ4n) is 4.73. The minimum absolute atomic E-state index is 0.0645. The Morgan fingerprint density at radius 3 is 2.76 bits per heavy atom. The van der Waals surface area contributed by atoms with E-state index in [1.807, 2.05) is 0 Å². The van der Waals surface area contributed by atoms with Gasteiger partial charge < -0.3 is 10.4 Å². The monoisotopic (exact) mass is 495 g/mol. The molecule has 1 amide bonds. The molecule has 11 heteroatoms. The van der Waals surface area contributed by atoms with Crippen molar-refractivity contribution in [2.75, 3.05) is 11.9 Å². The van der Waals surface area contributed by atoms with Crippen molar-refractivity contribution in [2.24, 2.45) is 4.99 Å². The molecule has 0 spiro atoms. The zero-order valence-corrected chi connectivity index (χ0v) is 20.2. The predicted octanol–water partition coefficient (Wildman–Crippen LogP) is 3.45. The maximum absolute atomic E-state index is 15.2. The van der Waals surface area contributed by atoms with E-state index in [1.165, 1.54) is 6.07 Å². The van der Waals surface area contributed by atoms with Crippen LogP contribution in [0.3, 0.4) is 0 Å². The molecule has 0 bridgehead atoms. The van der Waals surface area contributed by atoms with Crippen LogP contribution in [0.15, 0.2) is 41.5 Å². The topological polar surface area (TPSA) is 116 Å². The normalized spacial score (nSPS) is 26.1. The van der Waals surface area contributed by atoms with Crippen LogP contribution in [0.2, 0.25) is 5.02 Å². The number of amidine groups is 1. The number of thiol groups is 1. The van der Waals surface area contributed by atoms with Crippen LogP contribution in [0.4, 0.5) is 14.9 Å². The summed E-state index contributed by atoms with van der Waals surface area (Å²) in [6, 6.07) is 8.12. The molecule has 0 radical (unpaired) electrons. The molecule has 2 aliphatic heterocycles. The Morgan fingerprint density at radius 2 is 2.09 bits per heavy atom. The number of nitrogens with zero attached hydrogens (tertiary/aromatic N) is 2. The molecule has 1 aromatic carbocycles. The summed E-state index contributed by atoms with van der Waals surface area (Å²) in [4.78, 5) is 20.4. The number of halogens is 2. The van der Waals surface area contributed by atoms with Crippen LogP contribution < -0.4 is 15.4 Å². The van der Waals surface area contributed by atoms with Crippen LogP contribution in [0, 0.1) is 5.82 Å². The minimum atomic E-state index is -3.20. The van der Waals surface area contributed by atoms with Crippen LogP contribution in [0.25, 0.3) is 0 Å². The third kappa shape index (κ3) is 4.00. The van der Waals surface area contributed by atoms with Gasteiger partial charge in [0.05, 0.1) is 27.3 Å². The van der Waals surface area contributed by atoms with Crippen molar-refractivity contribution in [3.05, 3.63) is 58.6 Å². The number of amides is 1. The summed E-state index contributed by atoms with van der Waals surface area (Å²) in [5, 5.41) is 14.9. The molecule has 2 aromatic rings. The largest absolute Gasteiger partial charge is 0.465 e. The highest BCUT2D eigenvalue weighted by Gasteiger charge is 2.59. The van der Waals surface area contributed by atoms with E-state index >= 15 is 4.39 Å². The van der Waals surface area contributed by atoms with Crippen molar-refractivity contribution in [3.63, 3.8) is 0 Å². The van der Waals surface area contributed by atoms with Crippen molar-refractivity contribution in [2.45, 2.75) is 49.3 Å². The minimum Gasteiger partial charge on any atom is -0.465 e. The lowest BCUT2D eigenvalue weighted by atomic mass is 9.85. The van der Waals surface area contributed by atoms with Gasteiger partial charge in [-0.2, -0.15) is 0 Å². The van der Waals surface area contributed by atoms with E-state index in [-0.39, 0.29) is 11.4 Å². The summed E-state index contributed by atoms with van der Waals surface area (Å²) in [6.07, 6.45) is 0.780. The number of aromatic nitrogens is 1. The summed E-state index contributed by atoms with van der Waals surface area (Å²) in [7, 11) is -3.20. The molecule has 0 aliphatic carbocycles. The maximum Gasteiger partial charge on any atom is 0.410 e. The third-order valence-electron chi connectivity index (χ3n) is 6.61. The fraction of sp³-hybridized carbons (Fsp3) is 0.409. The molecule has 1 fully saturated rings. The Balaban J connectivity index is 1.75. The third-order valence-corrected chi connectivity index (χ3v) is 11.0. The Labute approximate surface area is 197 Å². The van der Waals surface area contributed by atoms with Crippen molar-refractivity contribution in [1.82, 2.24) is 15.0 Å². The molecule has 4 N–H and O–H groups in total. The lowest BCUT2D eigenvalue weighted by Gasteiger charge is -2.51. The van der Waals surface area contributed by atoms with Crippen LogP contribution in [-0.2, 0) is 22.2 Å². The molecule has 1 saturated heterocycles. The van der Waals surface area contributed by atoms with E-state index < -0.39 is 37.6 Å². The first kappa shape index (κ1) is 23.6. The van der Waals surface area contributed by atoms with Crippen LogP contribution in [-0.4, -0.2) is 42.8 Å². The van der Waals surface area contributed by atoms with E-state index in [4.69, 9.17) is 16.6 Å². The summed E-state index contributed by atoms with van der Waals surface area (Å²) < 4.78 is 31.5. The number of nitrogens with one attached hydrogen (secondary N) is 3. The molecule has 3 heterocycles. The van der Waals surface area contributed by atoms with Crippen molar-refractivity contribution >= 4 is 39.3 Å². The highest BCUT2D eigenvalue weighted by atomic mass is 35.5. The summed E-state index contributed by atoms with van der Waals surface area (Å²) in [6.45, 7) is 6.02. The molecule has 2 aliphatic rings. The quantitative estimate of drug-likeness (QED) is 0.417. The second-order valence-electron chi connectivity index (χ2n) is 8.98. The standard InChI is InChI=1S/C22H27ClFN5O3S/c1-21(2)19(28-20(30)31)29-22(3,18-8-9-27-33(18,21)32)16-10-14(6-7-17(16)24)26-12-15-5-4-13(23)11-25-15/h4-7,10-11,18,26,33H,8-9,12H2,1-3H3,(H,27,32)(H,28,29)(H,30,31)/t18-,22+/m0/s1. The van der Waals surface area contributed by atoms with Crippen molar-refractivity contribution in [1.29, 1.82) is 0 Å². The number of carboxylic acid groups (broad SMARTS) is 1. The first-order chi connectivity index (χ1) is 15.5. The Morgan fingerprint density at radius 1 is 1.33 bits per heavy atom. The second-order valence-corrected chi connectivity index (χ2v) is 12.8. The molecular weight excluding hydrogens is 469 g/mol. The van der Waals surface area contributed by atoms with Crippen LogP contribution >= 0.6 is 11.6 Å². The van der Waals surface area contributed by atoms with E-state index in [0.29, 0.717) is 30.2 Å². The predicted molar refractivity (Wildman–Crippen MR) is 129 cm³/mol. The smallest absolute Gasteiger partial charge is 0.410 e. The van der Waals surface area contributed by atoms with Gasteiger partial charge in [0.1, 0.15) is 17.2 Å². The number of carbonyl (C=O) groups is 1. The van der Waals surface area contributed by atoms with E-state index in [9.17, 15) is 14.1 Å². The maximum atomic E-state index is 15.2. The van der Waals surface area contributed by atoms with Gasteiger partial charge in [-0.1, -0.05) is 11.6 Å². The molecule has 1 aromatic heterocycles. The SMILES string of the molecule is CC1(C)C(NC(=O)O)=N[C@](C)(c2cc(NCc3ccc(Cl)cn3)ccc2F)[C@@H]2CCN[SH]21=O. The van der Waals surface area contributed by atoms with Gasteiger partial charge >= 0.3 is 6.09 Å².